The van der Waals surface area contributed by atoms with Crippen molar-refractivity contribution in [1.82, 2.24) is 9.80 Å². The van der Waals surface area contributed by atoms with Crippen molar-refractivity contribution in [3.05, 3.63) is 71.3 Å². The lowest BCUT2D eigenvalue weighted by atomic mass is 9.73. The fraction of sp³-hybridized carbons (Fsp3) is 0.385. The summed E-state index contributed by atoms with van der Waals surface area (Å²) in [5.74, 6) is 0.623. The average molecular weight is 417 g/mol. The van der Waals surface area contributed by atoms with Gasteiger partial charge < -0.3 is 14.9 Å². The summed E-state index contributed by atoms with van der Waals surface area (Å²) in [5.41, 5.74) is 3.37. The summed E-state index contributed by atoms with van der Waals surface area (Å²) in [4.78, 5) is 28.8. The van der Waals surface area contributed by atoms with Gasteiger partial charge in [0.15, 0.2) is 0 Å². The number of fused-ring (bicyclic) bond motifs is 1. The van der Waals surface area contributed by atoms with E-state index in [1.54, 1.807) is 9.80 Å². The molecular weight excluding hydrogens is 388 g/mol. The Hall–Kier alpha value is -2.92. The minimum Gasteiger partial charge on any atom is -0.394 e. The lowest BCUT2D eigenvalue weighted by Gasteiger charge is -2.58. The topological polar surface area (TPSA) is 60.9 Å². The molecule has 5 heteroatoms. The fourth-order valence-electron chi connectivity index (χ4n) is 4.97. The third kappa shape index (κ3) is 4.02. The molecular formula is C26H28N2O3. The summed E-state index contributed by atoms with van der Waals surface area (Å²) >= 11 is 0. The number of aliphatic hydroxyl groups excluding tert-OH is 1. The number of hydrogen-bond acceptors (Lipinski definition) is 3. The molecule has 3 aliphatic rings. The molecule has 5 nitrogen and oxygen atoms in total. The van der Waals surface area contributed by atoms with E-state index in [0.717, 1.165) is 29.5 Å². The van der Waals surface area contributed by atoms with Gasteiger partial charge in [-0.1, -0.05) is 66.7 Å². The lowest BCUT2D eigenvalue weighted by Crippen LogP contribution is -2.73. The van der Waals surface area contributed by atoms with E-state index in [1.165, 1.54) is 0 Å². The molecule has 31 heavy (non-hydrogen) atoms. The predicted molar refractivity (Wildman–Crippen MR) is 120 cm³/mol. The first-order chi connectivity index (χ1) is 15.1. The molecule has 1 aliphatic carbocycles. The number of amides is 2. The first-order valence-electron chi connectivity index (χ1n) is 11.2. The normalized spacial score (nSPS) is 25.5. The number of aliphatic hydroxyl groups is 1. The minimum atomic E-state index is -0.205. The maximum absolute atomic E-state index is 12.7. The first-order valence-corrected chi connectivity index (χ1v) is 11.2. The van der Waals surface area contributed by atoms with Crippen molar-refractivity contribution in [3.8, 4) is 0 Å². The van der Waals surface area contributed by atoms with Gasteiger partial charge in [0, 0.05) is 18.9 Å². The zero-order valence-corrected chi connectivity index (χ0v) is 17.6. The molecule has 3 fully saturated rings. The second kappa shape index (κ2) is 8.31. The number of hydrogen-bond donors (Lipinski definition) is 1. The quantitative estimate of drug-likeness (QED) is 0.736. The van der Waals surface area contributed by atoms with Gasteiger partial charge in [-0.2, -0.15) is 0 Å². The van der Waals surface area contributed by atoms with E-state index in [4.69, 9.17) is 0 Å². The molecule has 2 aromatic carbocycles. The number of carbonyl (C=O) groups is 2. The zero-order chi connectivity index (χ0) is 21.4. The van der Waals surface area contributed by atoms with Crippen molar-refractivity contribution in [2.75, 3.05) is 19.7 Å². The van der Waals surface area contributed by atoms with E-state index < -0.39 is 0 Å². The van der Waals surface area contributed by atoms with E-state index in [0.29, 0.717) is 18.9 Å². The Labute approximate surface area is 183 Å². The fourth-order valence-corrected chi connectivity index (χ4v) is 4.97. The highest BCUT2D eigenvalue weighted by atomic mass is 16.3. The molecule has 2 aromatic rings. The Kier molecular flexibility index (Phi) is 5.36. The van der Waals surface area contributed by atoms with Crippen LogP contribution >= 0.6 is 0 Å². The largest absolute Gasteiger partial charge is 0.394 e. The third-order valence-electron chi connectivity index (χ3n) is 6.85. The van der Waals surface area contributed by atoms with Gasteiger partial charge in [0.25, 0.3) is 0 Å². The highest BCUT2D eigenvalue weighted by Crippen LogP contribution is 2.43. The molecule has 0 radical (unpaired) electrons. The second-order valence-electron chi connectivity index (χ2n) is 8.98. The molecule has 2 amide bonds. The molecule has 2 saturated heterocycles. The van der Waals surface area contributed by atoms with Crippen molar-refractivity contribution >= 4 is 24.0 Å². The molecule has 0 unspecified atom stereocenters. The van der Waals surface area contributed by atoms with Crippen LogP contribution < -0.4 is 0 Å². The summed E-state index contributed by atoms with van der Waals surface area (Å²) < 4.78 is 0. The van der Waals surface area contributed by atoms with Gasteiger partial charge in [-0.25, -0.2) is 0 Å². The predicted octanol–water partition coefficient (Wildman–Crippen LogP) is 3.15. The Morgan fingerprint density at radius 2 is 1.68 bits per heavy atom. The van der Waals surface area contributed by atoms with E-state index in [-0.39, 0.29) is 43.0 Å². The van der Waals surface area contributed by atoms with Crippen LogP contribution in [0, 0.1) is 5.92 Å². The van der Waals surface area contributed by atoms with Crippen molar-refractivity contribution in [2.45, 2.75) is 37.3 Å². The van der Waals surface area contributed by atoms with E-state index in [9.17, 15) is 14.7 Å². The Bertz CT molecular complexity index is 981. The average Bonchev–Trinajstić information content (AvgIpc) is 3.59. The first kappa shape index (κ1) is 20.0. The van der Waals surface area contributed by atoms with Gasteiger partial charge in [0.05, 0.1) is 25.2 Å². The molecule has 0 aromatic heterocycles. The van der Waals surface area contributed by atoms with E-state index >= 15 is 0 Å². The summed E-state index contributed by atoms with van der Waals surface area (Å²) in [6.07, 6.45) is 6.99. The summed E-state index contributed by atoms with van der Waals surface area (Å²) in [6, 6.07) is 18.2. The molecule has 1 saturated carbocycles. The maximum Gasteiger partial charge on any atom is 0.242 e. The molecule has 3 atom stereocenters. The molecule has 2 aliphatic heterocycles. The summed E-state index contributed by atoms with van der Waals surface area (Å²) in [6.45, 7) is 0.654. The molecule has 160 valence electrons. The SMILES string of the molecule is O=C(CC1CC1)N1CC(=O)N2[C@H](C1)[C@@H](c1ccc(C=Cc3ccccc3)cc1)[C@@H]2CO. The van der Waals surface area contributed by atoms with Crippen molar-refractivity contribution < 1.29 is 14.7 Å². The van der Waals surface area contributed by atoms with Gasteiger partial charge in [-0.05, 0) is 35.4 Å². The van der Waals surface area contributed by atoms with Crippen molar-refractivity contribution in [2.24, 2.45) is 5.92 Å². The van der Waals surface area contributed by atoms with Crippen LogP contribution in [0.1, 0.15) is 41.9 Å². The number of benzene rings is 2. The number of rotatable bonds is 6. The maximum atomic E-state index is 12.7. The standard InChI is InChI=1S/C26H28N2O3/c29-17-23-26(21-12-10-19(11-13-21)7-6-18-4-2-1-3-5-18)22-15-27(16-25(31)28(22)23)24(30)14-20-8-9-20/h1-7,10-13,20,22-23,26,29H,8-9,14-17H2/t22-,23+,26-/m1/s1. The van der Waals surface area contributed by atoms with E-state index in [1.807, 2.05) is 18.2 Å². The van der Waals surface area contributed by atoms with Crippen LogP contribution in [0.2, 0.25) is 0 Å². The molecule has 1 N–H and O–H groups in total. The summed E-state index contributed by atoms with van der Waals surface area (Å²) in [7, 11) is 0. The molecule has 0 spiro atoms. The van der Waals surface area contributed by atoms with Crippen LogP contribution in [0.3, 0.4) is 0 Å². The van der Waals surface area contributed by atoms with Crippen LogP contribution in [-0.2, 0) is 9.59 Å². The van der Waals surface area contributed by atoms with Crippen molar-refractivity contribution in [1.29, 1.82) is 0 Å². The lowest BCUT2D eigenvalue weighted by molar-refractivity contribution is -0.167. The smallest absolute Gasteiger partial charge is 0.242 e. The molecule has 5 rings (SSSR count). The Morgan fingerprint density at radius 3 is 2.32 bits per heavy atom. The minimum absolute atomic E-state index is 0.0434. The second-order valence-corrected chi connectivity index (χ2v) is 8.98. The van der Waals surface area contributed by atoms with Gasteiger partial charge in [0.2, 0.25) is 11.8 Å². The van der Waals surface area contributed by atoms with Crippen LogP contribution in [-0.4, -0.2) is 58.5 Å². The van der Waals surface area contributed by atoms with Crippen LogP contribution in [0.25, 0.3) is 12.2 Å². The summed E-state index contributed by atoms with van der Waals surface area (Å²) in [5, 5.41) is 9.96. The Balaban J connectivity index is 1.30. The zero-order valence-electron chi connectivity index (χ0n) is 17.6. The van der Waals surface area contributed by atoms with Gasteiger partial charge in [0.1, 0.15) is 0 Å². The number of carbonyl (C=O) groups excluding carboxylic acids is 2. The molecule has 0 bridgehead atoms. The van der Waals surface area contributed by atoms with Gasteiger partial charge in [-0.3, -0.25) is 9.59 Å². The van der Waals surface area contributed by atoms with Gasteiger partial charge in [-0.15, -0.1) is 0 Å². The van der Waals surface area contributed by atoms with Crippen LogP contribution in [0.4, 0.5) is 0 Å². The van der Waals surface area contributed by atoms with Crippen LogP contribution in [0.15, 0.2) is 54.6 Å². The van der Waals surface area contributed by atoms with Gasteiger partial charge >= 0.3 is 0 Å². The van der Waals surface area contributed by atoms with E-state index in [2.05, 4.69) is 48.6 Å². The highest BCUT2D eigenvalue weighted by Gasteiger charge is 2.54. The van der Waals surface area contributed by atoms with Crippen molar-refractivity contribution in [3.63, 3.8) is 0 Å². The number of nitrogens with zero attached hydrogens (tertiary/aromatic N) is 2. The highest BCUT2D eigenvalue weighted by molar-refractivity contribution is 5.88. The third-order valence-corrected chi connectivity index (χ3v) is 6.85. The monoisotopic (exact) mass is 416 g/mol. The Morgan fingerprint density at radius 1 is 1.00 bits per heavy atom. The molecule has 2 heterocycles. The number of piperazine rings is 1. The van der Waals surface area contributed by atoms with Crippen LogP contribution in [0.5, 0.6) is 0 Å².